The van der Waals surface area contributed by atoms with E-state index in [1.807, 2.05) is 0 Å². The van der Waals surface area contributed by atoms with E-state index >= 15 is 0 Å². The molecular formula is C26H27Cl2N5O3. The Morgan fingerprint density at radius 3 is 2.44 bits per heavy atom. The molecule has 0 bridgehead atoms. The van der Waals surface area contributed by atoms with Gasteiger partial charge in [0.2, 0.25) is 5.91 Å². The normalized spacial score (nSPS) is 21.5. The van der Waals surface area contributed by atoms with Crippen molar-refractivity contribution >= 4 is 46.7 Å². The van der Waals surface area contributed by atoms with Crippen LogP contribution in [0.5, 0.6) is 0 Å². The Kier molecular flexibility index (Phi) is 7.55. The SMILES string of the molecule is CCCCNCC(=O)N1C[C@@H](c2ccc(C#N)cc2)[C@]2(C1)C(=O)N(c1cc(Cl)cc(Cl)c1)C(=O)N2C. The highest BCUT2D eigenvalue weighted by Gasteiger charge is 2.64. The molecule has 0 saturated carbocycles. The third kappa shape index (κ3) is 4.55. The first-order valence-corrected chi connectivity index (χ1v) is 12.6. The van der Waals surface area contributed by atoms with Gasteiger partial charge in [-0.25, -0.2) is 9.69 Å². The molecule has 36 heavy (non-hydrogen) atoms. The summed E-state index contributed by atoms with van der Waals surface area (Å²) >= 11 is 12.3. The topological polar surface area (TPSA) is 96.7 Å². The van der Waals surface area contributed by atoms with Crippen LogP contribution in [0.25, 0.3) is 0 Å². The van der Waals surface area contributed by atoms with Crippen LogP contribution in [0.1, 0.15) is 36.8 Å². The molecule has 8 nitrogen and oxygen atoms in total. The number of nitriles is 1. The molecule has 10 heteroatoms. The van der Waals surface area contributed by atoms with E-state index in [9.17, 15) is 19.6 Å². The summed E-state index contributed by atoms with van der Waals surface area (Å²) < 4.78 is 0. The summed E-state index contributed by atoms with van der Waals surface area (Å²) in [6.07, 6.45) is 1.97. The van der Waals surface area contributed by atoms with Crippen molar-refractivity contribution in [3.8, 4) is 6.07 Å². The van der Waals surface area contributed by atoms with Gasteiger partial charge in [0.05, 0.1) is 30.4 Å². The van der Waals surface area contributed by atoms with Crippen molar-refractivity contribution in [2.24, 2.45) is 0 Å². The third-order valence-electron chi connectivity index (χ3n) is 6.95. The van der Waals surface area contributed by atoms with Gasteiger partial charge in [0, 0.05) is 29.6 Å². The molecule has 188 valence electrons. The van der Waals surface area contributed by atoms with Crippen LogP contribution in [0, 0.1) is 11.3 Å². The number of likely N-dealkylation sites (N-methyl/N-ethyl adjacent to an activating group) is 1. The number of carbonyl (C=O) groups excluding carboxylic acids is 3. The monoisotopic (exact) mass is 527 g/mol. The first kappa shape index (κ1) is 26.0. The van der Waals surface area contributed by atoms with Crippen LogP contribution in [0.15, 0.2) is 42.5 Å². The van der Waals surface area contributed by atoms with Crippen LogP contribution in [0.2, 0.25) is 10.0 Å². The molecule has 0 aromatic heterocycles. The Morgan fingerprint density at radius 1 is 1.17 bits per heavy atom. The Labute approximate surface area is 220 Å². The van der Waals surface area contributed by atoms with E-state index in [1.165, 1.54) is 23.1 Å². The van der Waals surface area contributed by atoms with Crippen molar-refractivity contribution in [3.05, 3.63) is 63.6 Å². The fraction of sp³-hybridized carbons (Fsp3) is 0.385. The van der Waals surface area contributed by atoms with Crippen molar-refractivity contribution in [1.82, 2.24) is 15.1 Å². The first-order valence-electron chi connectivity index (χ1n) is 11.8. The molecule has 1 N–H and O–H groups in total. The average molecular weight is 528 g/mol. The molecular weight excluding hydrogens is 501 g/mol. The second kappa shape index (κ2) is 10.5. The average Bonchev–Trinajstić information content (AvgIpc) is 3.34. The molecule has 0 radical (unpaired) electrons. The molecule has 4 rings (SSSR count). The van der Waals surface area contributed by atoms with Crippen LogP contribution >= 0.6 is 23.2 Å². The van der Waals surface area contributed by atoms with Crippen molar-refractivity contribution in [2.75, 3.05) is 38.1 Å². The summed E-state index contributed by atoms with van der Waals surface area (Å²) in [7, 11) is 1.58. The van der Waals surface area contributed by atoms with E-state index in [-0.39, 0.29) is 31.2 Å². The van der Waals surface area contributed by atoms with Crippen molar-refractivity contribution in [1.29, 1.82) is 5.26 Å². The quantitative estimate of drug-likeness (QED) is 0.433. The Bertz CT molecular complexity index is 1210. The number of halogens is 2. The Hall–Kier alpha value is -3.12. The zero-order chi connectivity index (χ0) is 26.0. The van der Waals surface area contributed by atoms with Gasteiger partial charge in [0.25, 0.3) is 5.91 Å². The molecule has 1 spiro atoms. The van der Waals surface area contributed by atoms with Crippen molar-refractivity contribution in [3.63, 3.8) is 0 Å². The number of rotatable bonds is 7. The minimum atomic E-state index is -1.32. The number of carbonyl (C=O) groups is 3. The van der Waals surface area contributed by atoms with Crippen molar-refractivity contribution < 1.29 is 14.4 Å². The van der Waals surface area contributed by atoms with Gasteiger partial charge in [0.15, 0.2) is 0 Å². The highest BCUT2D eigenvalue weighted by molar-refractivity contribution is 6.35. The lowest BCUT2D eigenvalue weighted by Crippen LogP contribution is -2.54. The summed E-state index contributed by atoms with van der Waals surface area (Å²) in [5.74, 6) is -1.08. The lowest BCUT2D eigenvalue weighted by molar-refractivity contribution is -0.130. The Balaban J connectivity index is 1.73. The first-order chi connectivity index (χ1) is 17.2. The molecule has 2 atom stereocenters. The van der Waals surface area contributed by atoms with Crippen LogP contribution < -0.4 is 10.2 Å². The molecule has 2 saturated heterocycles. The number of amides is 4. The lowest BCUT2D eigenvalue weighted by Gasteiger charge is -2.33. The van der Waals surface area contributed by atoms with Crippen LogP contribution in [-0.2, 0) is 9.59 Å². The number of likely N-dealkylation sites (tertiary alicyclic amines) is 1. The minimum Gasteiger partial charge on any atom is -0.338 e. The summed E-state index contributed by atoms with van der Waals surface area (Å²) in [4.78, 5) is 44.9. The molecule has 0 unspecified atom stereocenters. The maximum atomic E-state index is 14.1. The largest absolute Gasteiger partial charge is 0.338 e. The number of nitrogens with zero attached hydrogens (tertiary/aromatic N) is 4. The highest BCUT2D eigenvalue weighted by atomic mass is 35.5. The summed E-state index contributed by atoms with van der Waals surface area (Å²) in [5.41, 5.74) is 0.202. The summed E-state index contributed by atoms with van der Waals surface area (Å²) in [6, 6.07) is 13.0. The summed E-state index contributed by atoms with van der Waals surface area (Å²) in [5, 5.41) is 13.0. The fourth-order valence-corrected chi connectivity index (χ4v) is 5.52. The predicted octanol–water partition coefficient (Wildman–Crippen LogP) is 4.02. The van der Waals surface area contributed by atoms with Gasteiger partial charge in [-0.2, -0.15) is 5.26 Å². The van der Waals surface area contributed by atoms with E-state index in [0.29, 0.717) is 15.6 Å². The second-order valence-corrected chi connectivity index (χ2v) is 10.00. The molecule has 0 aliphatic carbocycles. The molecule has 2 aromatic carbocycles. The standard InChI is InChI=1S/C26H27Cl2N5O3/c1-3-4-9-30-14-23(34)32-15-22(18-7-5-17(13-29)6-8-18)26(16-32)24(35)33(25(36)31(26)2)21-11-19(27)10-20(28)12-21/h5-8,10-12,22,30H,3-4,9,14-16H2,1-2H3/t22-,26+/m0/s1. The zero-order valence-corrected chi connectivity index (χ0v) is 21.6. The third-order valence-corrected chi connectivity index (χ3v) is 7.38. The van der Waals surface area contributed by atoms with Crippen molar-refractivity contribution in [2.45, 2.75) is 31.2 Å². The van der Waals surface area contributed by atoms with Gasteiger partial charge in [-0.1, -0.05) is 48.7 Å². The van der Waals surface area contributed by atoms with Crippen LogP contribution in [0.4, 0.5) is 10.5 Å². The maximum Gasteiger partial charge on any atom is 0.332 e. The Morgan fingerprint density at radius 2 is 1.83 bits per heavy atom. The van der Waals surface area contributed by atoms with Gasteiger partial charge in [0.1, 0.15) is 5.54 Å². The fourth-order valence-electron chi connectivity index (χ4n) is 5.00. The van der Waals surface area contributed by atoms with E-state index < -0.39 is 23.4 Å². The van der Waals surface area contributed by atoms with Gasteiger partial charge < -0.3 is 15.1 Å². The summed E-state index contributed by atoms with van der Waals surface area (Å²) in [6.45, 7) is 3.26. The van der Waals surface area contributed by atoms with E-state index in [4.69, 9.17) is 23.2 Å². The number of hydrogen-bond donors (Lipinski definition) is 1. The smallest absolute Gasteiger partial charge is 0.332 e. The van der Waals surface area contributed by atoms with Crippen LogP contribution in [0.3, 0.4) is 0 Å². The van der Waals surface area contributed by atoms with Gasteiger partial charge in [-0.05, 0) is 48.9 Å². The number of imide groups is 1. The molecule has 2 aromatic rings. The molecule has 2 aliphatic heterocycles. The van der Waals surface area contributed by atoms with Crippen LogP contribution in [-0.4, -0.2) is 66.4 Å². The molecule has 2 aliphatic rings. The number of nitrogens with one attached hydrogen (secondary N) is 1. The predicted molar refractivity (Wildman–Crippen MR) is 138 cm³/mol. The van der Waals surface area contributed by atoms with E-state index in [1.54, 1.807) is 36.2 Å². The molecule has 4 amide bonds. The molecule has 2 fully saturated rings. The number of urea groups is 1. The highest BCUT2D eigenvalue weighted by Crippen LogP contribution is 2.46. The van der Waals surface area contributed by atoms with Gasteiger partial charge in [-0.15, -0.1) is 0 Å². The number of unbranched alkanes of at least 4 members (excludes halogenated alkanes) is 1. The van der Waals surface area contributed by atoms with Gasteiger partial charge >= 0.3 is 6.03 Å². The number of benzene rings is 2. The zero-order valence-electron chi connectivity index (χ0n) is 20.1. The van der Waals surface area contributed by atoms with Gasteiger partial charge in [-0.3, -0.25) is 9.59 Å². The minimum absolute atomic E-state index is 0.0534. The number of anilines is 1. The van der Waals surface area contributed by atoms with E-state index in [2.05, 4.69) is 18.3 Å². The second-order valence-electron chi connectivity index (χ2n) is 9.13. The molecule has 2 heterocycles. The lowest BCUT2D eigenvalue weighted by atomic mass is 9.80. The number of hydrogen-bond acceptors (Lipinski definition) is 5. The maximum absolute atomic E-state index is 14.1. The van der Waals surface area contributed by atoms with E-state index in [0.717, 1.165) is 29.8 Å².